The smallest absolute Gasteiger partial charge is 0.294 e. The predicted molar refractivity (Wildman–Crippen MR) is 70.7 cm³/mol. The number of ether oxygens (including phenoxy) is 3. The molecule has 1 aliphatic rings. The molecule has 7 heteroatoms. The third-order valence-electron chi connectivity index (χ3n) is 1.91. The first kappa shape index (κ1) is 13.2. The van der Waals surface area contributed by atoms with E-state index in [1.165, 1.54) is 23.3 Å². The van der Waals surface area contributed by atoms with Gasteiger partial charge in [0.25, 0.3) is 5.19 Å². The van der Waals surface area contributed by atoms with Crippen LogP contribution < -0.4 is 4.74 Å². The van der Waals surface area contributed by atoms with Crippen LogP contribution in [0.2, 0.25) is 0 Å². The van der Waals surface area contributed by atoms with E-state index in [1.54, 1.807) is 6.26 Å². The molecule has 0 aromatic carbocycles. The molecule has 0 bridgehead atoms. The summed E-state index contributed by atoms with van der Waals surface area (Å²) < 4.78 is 20.4. The van der Waals surface area contributed by atoms with Crippen molar-refractivity contribution in [2.75, 3.05) is 12.4 Å². The molecule has 1 aliphatic heterocycles. The number of rotatable bonds is 6. The first-order valence-corrected chi connectivity index (χ1v) is 7.11. The predicted octanol–water partition coefficient (Wildman–Crippen LogP) is 2.82. The average Bonchev–Trinajstić information content (AvgIpc) is 2.90. The van der Waals surface area contributed by atoms with Gasteiger partial charge < -0.3 is 14.2 Å². The van der Waals surface area contributed by atoms with Crippen LogP contribution in [0.4, 0.5) is 0 Å². The Morgan fingerprint density at radius 3 is 3.11 bits per heavy atom. The lowest BCUT2D eigenvalue weighted by Gasteiger charge is -2.17. The van der Waals surface area contributed by atoms with Gasteiger partial charge in [0.2, 0.25) is 10.9 Å². The quantitative estimate of drug-likeness (QED) is 0.592. The van der Waals surface area contributed by atoms with Crippen LogP contribution in [0.25, 0.3) is 0 Å². The molecule has 0 atom stereocenters. The van der Waals surface area contributed by atoms with Gasteiger partial charge in [0.1, 0.15) is 6.26 Å². The van der Waals surface area contributed by atoms with E-state index >= 15 is 0 Å². The minimum atomic E-state index is -0.606. The lowest BCUT2D eigenvalue weighted by molar-refractivity contribution is -0.119. The highest BCUT2D eigenvalue weighted by Crippen LogP contribution is 2.26. The molecule has 18 heavy (non-hydrogen) atoms. The van der Waals surface area contributed by atoms with Crippen LogP contribution in [0.3, 0.4) is 0 Å². The standard InChI is InChI=1S/C11H14N2O3S2/c1-4-5-17-9-12-10(18-13-9)14-6-8-7-15-11(2,3)16-8/h4,7H,1,5-6H2,2-3H3. The Hall–Kier alpha value is -1.21. The molecule has 0 spiro atoms. The fourth-order valence-electron chi connectivity index (χ4n) is 1.22. The zero-order valence-corrected chi connectivity index (χ0v) is 11.8. The molecular weight excluding hydrogens is 272 g/mol. The summed E-state index contributed by atoms with van der Waals surface area (Å²) in [7, 11) is 0. The molecule has 0 saturated carbocycles. The van der Waals surface area contributed by atoms with Crippen LogP contribution in [0.5, 0.6) is 5.19 Å². The zero-order chi connectivity index (χ0) is 13.0. The van der Waals surface area contributed by atoms with Gasteiger partial charge in [-0.1, -0.05) is 17.8 Å². The SMILES string of the molecule is C=CCSc1nsc(OCC2=COC(C)(C)O2)n1. The van der Waals surface area contributed by atoms with Gasteiger partial charge in [-0.15, -0.1) is 6.58 Å². The molecule has 0 aliphatic carbocycles. The van der Waals surface area contributed by atoms with Crippen molar-refractivity contribution in [2.24, 2.45) is 0 Å². The number of nitrogens with zero attached hydrogens (tertiary/aromatic N) is 2. The summed E-state index contributed by atoms with van der Waals surface area (Å²) in [5.74, 6) is 0.826. The van der Waals surface area contributed by atoms with Crippen molar-refractivity contribution >= 4 is 23.3 Å². The maximum absolute atomic E-state index is 5.49. The monoisotopic (exact) mass is 286 g/mol. The molecule has 1 aromatic rings. The van der Waals surface area contributed by atoms with Crippen molar-refractivity contribution in [1.29, 1.82) is 0 Å². The molecule has 98 valence electrons. The van der Waals surface area contributed by atoms with Gasteiger partial charge in [0, 0.05) is 31.1 Å². The van der Waals surface area contributed by atoms with E-state index in [0.29, 0.717) is 22.7 Å². The van der Waals surface area contributed by atoms with E-state index in [2.05, 4.69) is 15.9 Å². The normalized spacial score (nSPS) is 16.7. The minimum Gasteiger partial charge on any atom is -0.461 e. The second kappa shape index (κ2) is 5.62. The largest absolute Gasteiger partial charge is 0.461 e. The fourth-order valence-corrected chi connectivity index (χ4v) is 2.45. The second-order valence-electron chi connectivity index (χ2n) is 3.94. The number of aromatic nitrogens is 2. The molecule has 1 aromatic heterocycles. The Kier molecular flexibility index (Phi) is 4.13. The van der Waals surface area contributed by atoms with Gasteiger partial charge in [0.05, 0.1) is 0 Å². The van der Waals surface area contributed by atoms with Gasteiger partial charge in [-0.25, -0.2) is 0 Å². The van der Waals surface area contributed by atoms with E-state index in [-0.39, 0.29) is 0 Å². The molecule has 5 nitrogen and oxygen atoms in total. The van der Waals surface area contributed by atoms with Gasteiger partial charge in [-0.3, -0.25) is 0 Å². The third-order valence-corrected chi connectivity index (χ3v) is 3.50. The van der Waals surface area contributed by atoms with Crippen LogP contribution >= 0.6 is 23.3 Å². The Morgan fingerprint density at radius 2 is 2.44 bits per heavy atom. The van der Waals surface area contributed by atoms with E-state index in [4.69, 9.17) is 14.2 Å². The minimum absolute atomic E-state index is 0.296. The maximum atomic E-state index is 5.49. The highest BCUT2D eigenvalue weighted by Gasteiger charge is 2.27. The van der Waals surface area contributed by atoms with E-state index < -0.39 is 5.79 Å². The van der Waals surface area contributed by atoms with Gasteiger partial charge >= 0.3 is 0 Å². The summed E-state index contributed by atoms with van der Waals surface area (Å²) >= 11 is 2.74. The molecule has 0 amide bonds. The van der Waals surface area contributed by atoms with E-state index in [9.17, 15) is 0 Å². The molecule has 2 rings (SSSR count). The Labute approximate surface area is 114 Å². The van der Waals surface area contributed by atoms with Crippen molar-refractivity contribution in [3.63, 3.8) is 0 Å². The summed E-state index contributed by atoms with van der Waals surface area (Å²) in [6, 6.07) is 0. The summed E-state index contributed by atoms with van der Waals surface area (Å²) in [4.78, 5) is 4.22. The summed E-state index contributed by atoms with van der Waals surface area (Å²) in [6.45, 7) is 7.62. The molecule has 0 radical (unpaired) electrons. The van der Waals surface area contributed by atoms with Crippen molar-refractivity contribution in [1.82, 2.24) is 9.36 Å². The molecular formula is C11H14N2O3S2. The summed E-state index contributed by atoms with van der Waals surface area (Å²) in [6.07, 6.45) is 3.37. The van der Waals surface area contributed by atoms with Gasteiger partial charge in [0.15, 0.2) is 12.4 Å². The lowest BCUT2D eigenvalue weighted by atomic mass is 10.4. The van der Waals surface area contributed by atoms with Crippen LogP contribution in [0.15, 0.2) is 29.8 Å². The molecule has 2 heterocycles. The molecule has 0 fully saturated rings. The number of thioether (sulfide) groups is 1. The van der Waals surface area contributed by atoms with E-state index in [0.717, 1.165) is 5.75 Å². The van der Waals surface area contributed by atoms with Crippen LogP contribution in [-0.4, -0.2) is 27.5 Å². The van der Waals surface area contributed by atoms with Gasteiger partial charge in [-0.05, 0) is 0 Å². The highest BCUT2D eigenvalue weighted by atomic mass is 32.2. The summed E-state index contributed by atoms with van der Waals surface area (Å²) in [5, 5.41) is 1.23. The van der Waals surface area contributed by atoms with Crippen molar-refractivity contribution in [2.45, 2.75) is 24.8 Å². The average molecular weight is 286 g/mol. The lowest BCUT2D eigenvalue weighted by Crippen LogP contribution is -2.21. The van der Waals surface area contributed by atoms with Crippen molar-refractivity contribution < 1.29 is 14.2 Å². The number of hydrogen-bond acceptors (Lipinski definition) is 7. The summed E-state index contributed by atoms with van der Waals surface area (Å²) in [5.41, 5.74) is 0. The first-order valence-electron chi connectivity index (χ1n) is 5.35. The van der Waals surface area contributed by atoms with Crippen LogP contribution in [0, 0.1) is 0 Å². The highest BCUT2D eigenvalue weighted by molar-refractivity contribution is 7.99. The molecule has 0 unspecified atom stereocenters. The topological polar surface area (TPSA) is 53.5 Å². The Bertz CT molecular complexity index is 457. The Balaban J connectivity index is 1.80. The molecule has 0 saturated heterocycles. The van der Waals surface area contributed by atoms with Gasteiger partial charge in [-0.2, -0.15) is 9.36 Å². The second-order valence-corrected chi connectivity index (χ2v) is 5.64. The first-order chi connectivity index (χ1) is 8.59. The fraction of sp³-hybridized carbons (Fsp3) is 0.455. The number of hydrogen-bond donors (Lipinski definition) is 0. The van der Waals surface area contributed by atoms with E-state index in [1.807, 2.05) is 19.9 Å². The zero-order valence-electron chi connectivity index (χ0n) is 10.2. The van der Waals surface area contributed by atoms with Crippen LogP contribution in [0.1, 0.15) is 13.8 Å². The molecule has 0 N–H and O–H groups in total. The Morgan fingerprint density at radius 1 is 1.61 bits per heavy atom. The maximum Gasteiger partial charge on any atom is 0.294 e. The van der Waals surface area contributed by atoms with Crippen LogP contribution in [-0.2, 0) is 9.47 Å². The van der Waals surface area contributed by atoms with Crippen molar-refractivity contribution in [3.05, 3.63) is 24.7 Å². The van der Waals surface area contributed by atoms with Crippen molar-refractivity contribution in [3.8, 4) is 5.19 Å². The third kappa shape index (κ3) is 3.64.